The number of nitrogens with one attached hydrogen (secondary N) is 1. The molecular formula is C9H11BrN2O3S. The number of amides is 2. The highest BCUT2D eigenvalue weighted by molar-refractivity contribution is 9.11. The third-order valence-electron chi connectivity index (χ3n) is 1.73. The first kappa shape index (κ1) is 13.1. The number of hydrogen-bond donors (Lipinski definition) is 1. The summed E-state index contributed by atoms with van der Waals surface area (Å²) in [6.07, 6.45) is 0. The van der Waals surface area contributed by atoms with Gasteiger partial charge >= 0.3 is 0 Å². The number of rotatable bonds is 4. The fraction of sp³-hybridized carbons (Fsp3) is 0.333. The minimum atomic E-state index is -0.367. The molecule has 0 bridgehead atoms. The van der Waals surface area contributed by atoms with Crippen LogP contribution in [-0.2, 0) is 9.63 Å². The van der Waals surface area contributed by atoms with Gasteiger partial charge in [-0.2, -0.15) is 0 Å². The van der Waals surface area contributed by atoms with E-state index in [-0.39, 0.29) is 18.4 Å². The molecule has 1 aromatic rings. The fourth-order valence-corrected chi connectivity index (χ4v) is 2.43. The van der Waals surface area contributed by atoms with Gasteiger partial charge in [0, 0.05) is 7.05 Å². The van der Waals surface area contributed by atoms with Crippen molar-refractivity contribution in [3.8, 4) is 0 Å². The zero-order chi connectivity index (χ0) is 12.1. The van der Waals surface area contributed by atoms with Crippen molar-refractivity contribution < 1.29 is 14.4 Å². The van der Waals surface area contributed by atoms with E-state index in [4.69, 9.17) is 0 Å². The van der Waals surface area contributed by atoms with Crippen LogP contribution in [0.1, 0.15) is 9.67 Å². The van der Waals surface area contributed by atoms with Crippen molar-refractivity contribution >= 4 is 39.1 Å². The summed E-state index contributed by atoms with van der Waals surface area (Å²) < 4.78 is 0.880. The largest absolute Gasteiger partial charge is 0.332 e. The number of hydrogen-bond acceptors (Lipinski definition) is 4. The molecule has 0 spiro atoms. The van der Waals surface area contributed by atoms with E-state index in [0.29, 0.717) is 4.88 Å². The van der Waals surface area contributed by atoms with Crippen LogP contribution in [0.3, 0.4) is 0 Å². The molecule has 0 radical (unpaired) electrons. The highest BCUT2D eigenvalue weighted by Gasteiger charge is 2.16. The van der Waals surface area contributed by atoms with Gasteiger partial charge in [-0.05, 0) is 28.1 Å². The van der Waals surface area contributed by atoms with Gasteiger partial charge in [-0.1, -0.05) is 0 Å². The molecule has 0 aliphatic rings. The number of carbonyl (C=O) groups is 2. The van der Waals surface area contributed by atoms with Gasteiger partial charge in [0.25, 0.3) is 11.8 Å². The fourth-order valence-electron chi connectivity index (χ4n) is 1.05. The Kier molecular flexibility index (Phi) is 4.91. The Bertz CT molecular complexity index is 394. The van der Waals surface area contributed by atoms with E-state index in [1.165, 1.54) is 23.3 Å². The highest BCUT2D eigenvalue weighted by Crippen LogP contribution is 2.22. The third-order valence-corrected chi connectivity index (χ3v) is 3.34. The van der Waals surface area contributed by atoms with Crippen molar-refractivity contribution in [2.75, 3.05) is 20.7 Å². The van der Waals surface area contributed by atoms with Crippen LogP contribution >= 0.6 is 27.3 Å². The molecule has 5 nitrogen and oxygen atoms in total. The molecule has 1 heterocycles. The standard InChI is InChI=1S/C9H11BrN2O3S/c1-12(5-8(13)11-15-2)9(14)6-3-4-7(10)16-6/h3-4H,5H2,1-2H3,(H,11,13). The summed E-state index contributed by atoms with van der Waals surface area (Å²) >= 11 is 4.60. The van der Waals surface area contributed by atoms with Crippen LogP contribution < -0.4 is 5.48 Å². The number of likely N-dealkylation sites (N-methyl/N-ethyl adjacent to an activating group) is 1. The van der Waals surface area contributed by atoms with E-state index in [0.717, 1.165) is 3.79 Å². The Morgan fingerprint density at radius 3 is 2.75 bits per heavy atom. The Morgan fingerprint density at radius 1 is 1.56 bits per heavy atom. The minimum absolute atomic E-state index is 0.0395. The SMILES string of the molecule is CONC(=O)CN(C)C(=O)c1ccc(Br)s1. The second-order valence-electron chi connectivity index (χ2n) is 2.99. The topological polar surface area (TPSA) is 58.6 Å². The first-order chi connectivity index (χ1) is 7.54. The molecule has 7 heteroatoms. The number of hydroxylamine groups is 1. The van der Waals surface area contributed by atoms with Gasteiger partial charge in [0.15, 0.2) is 0 Å². The average molecular weight is 307 g/mol. The maximum absolute atomic E-state index is 11.8. The zero-order valence-electron chi connectivity index (χ0n) is 8.82. The van der Waals surface area contributed by atoms with Gasteiger partial charge in [0.2, 0.25) is 0 Å². The van der Waals surface area contributed by atoms with Gasteiger partial charge in [-0.25, -0.2) is 5.48 Å². The van der Waals surface area contributed by atoms with E-state index in [2.05, 4.69) is 26.2 Å². The van der Waals surface area contributed by atoms with Crippen molar-refractivity contribution in [1.29, 1.82) is 0 Å². The van der Waals surface area contributed by atoms with Gasteiger partial charge in [-0.3, -0.25) is 14.4 Å². The van der Waals surface area contributed by atoms with E-state index < -0.39 is 0 Å². The summed E-state index contributed by atoms with van der Waals surface area (Å²) in [7, 11) is 2.90. The second kappa shape index (κ2) is 5.97. The van der Waals surface area contributed by atoms with Crippen LogP contribution in [0.15, 0.2) is 15.9 Å². The molecular weight excluding hydrogens is 296 g/mol. The normalized spacial score (nSPS) is 9.94. The lowest BCUT2D eigenvalue weighted by Crippen LogP contribution is -2.37. The molecule has 0 saturated carbocycles. The summed E-state index contributed by atoms with van der Waals surface area (Å²) in [4.78, 5) is 29.3. The molecule has 1 rings (SSSR count). The minimum Gasteiger partial charge on any atom is -0.332 e. The van der Waals surface area contributed by atoms with Gasteiger partial charge in [0.1, 0.15) is 6.54 Å². The lowest BCUT2D eigenvalue weighted by atomic mass is 10.4. The van der Waals surface area contributed by atoms with Crippen LogP contribution in [0.5, 0.6) is 0 Å². The Hall–Kier alpha value is -0.920. The van der Waals surface area contributed by atoms with Gasteiger partial charge in [0.05, 0.1) is 15.8 Å². The third kappa shape index (κ3) is 3.58. The molecule has 0 atom stereocenters. The highest BCUT2D eigenvalue weighted by atomic mass is 79.9. The average Bonchev–Trinajstić information content (AvgIpc) is 2.64. The Labute approximate surface area is 105 Å². The molecule has 0 aliphatic heterocycles. The Balaban J connectivity index is 2.57. The van der Waals surface area contributed by atoms with Gasteiger partial charge in [-0.15, -0.1) is 11.3 Å². The molecule has 1 aromatic heterocycles. The predicted octanol–water partition coefficient (Wildman–Crippen LogP) is 1.26. The van der Waals surface area contributed by atoms with Crippen LogP contribution in [0.4, 0.5) is 0 Å². The summed E-state index contributed by atoms with van der Waals surface area (Å²) in [5, 5.41) is 0. The number of carbonyl (C=O) groups excluding carboxylic acids is 2. The lowest BCUT2D eigenvalue weighted by molar-refractivity contribution is -0.131. The molecule has 0 saturated heterocycles. The molecule has 0 aliphatic carbocycles. The van der Waals surface area contributed by atoms with Crippen molar-refractivity contribution in [3.05, 3.63) is 20.8 Å². The molecule has 2 amide bonds. The lowest BCUT2D eigenvalue weighted by Gasteiger charge is -2.14. The van der Waals surface area contributed by atoms with Crippen molar-refractivity contribution in [1.82, 2.24) is 10.4 Å². The number of halogens is 1. The summed E-state index contributed by atoms with van der Waals surface area (Å²) in [6.45, 7) is -0.0395. The smallest absolute Gasteiger partial charge is 0.264 e. The van der Waals surface area contributed by atoms with Gasteiger partial charge < -0.3 is 4.90 Å². The Morgan fingerprint density at radius 2 is 2.25 bits per heavy atom. The number of nitrogens with zero attached hydrogens (tertiary/aromatic N) is 1. The molecule has 88 valence electrons. The van der Waals surface area contributed by atoms with Crippen molar-refractivity contribution in [3.63, 3.8) is 0 Å². The molecule has 1 N–H and O–H groups in total. The monoisotopic (exact) mass is 306 g/mol. The molecule has 0 aromatic carbocycles. The predicted molar refractivity (Wildman–Crippen MR) is 64.1 cm³/mol. The summed E-state index contributed by atoms with van der Waals surface area (Å²) in [5.41, 5.74) is 2.15. The first-order valence-electron chi connectivity index (χ1n) is 4.37. The van der Waals surface area contributed by atoms with E-state index in [9.17, 15) is 9.59 Å². The maximum atomic E-state index is 11.8. The zero-order valence-corrected chi connectivity index (χ0v) is 11.2. The van der Waals surface area contributed by atoms with E-state index >= 15 is 0 Å². The van der Waals surface area contributed by atoms with Crippen LogP contribution in [0, 0.1) is 0 Å². The van der Waals surface area contributed by atoms with Crippen LogP contribution in [0.25, 0.3) is 0 Å². The molecule has 0 fully saturated rings. The quantitative estimate of drug-likeness (QED) is 0.852. The first-order valence-corrected chi connectivity index (χ1v) is 5.98. The van der Waals surface area contributed by atoms with Crippen LogP contribution in [-0.4, -0.2) is 37.4 Å². The molecule has 16 heavy (non-hydrogen) atoms. The van der Waals surface area contributed by atoms with Crippen molar-refractivity contribution in [2.45, 2.75) is 0 Å². The van der Waals surface area contributed by atoms with E-state index in [1.54, 1.807) is 19.2 Å². The van der Waals surface area contributed by atoms with E-state index in [1.807, 2.05) is 0 Å². The van der Waals surface area contributed by atoms with Crippen LogP contribution in [0.2, 0.25) is 0 Å². The summed E-state index contributed by atoms with van der Waals surface area (Å²) in [5.74, 6) is -0.559. The second-order valence-corrected chi connectivity index (χ2v) is 5.46. The molecule has 0 unspecified atom stereocenters. The van der Waals surface area contributed by atoms with Crippen molar-refractivity contribution in [2.24, 2.45) is 0 Å². The number of thiophene rings is 1. The summed E-state index contributed by atoms with van der Waals surface area (Å²) in [6, 6.07) is 3.50. The maximum Gasteiger partial charge on any atom is 0.264 e.